The molecule has 1 aromatic carbocycles. The molecule has 1 fully saturated rings. The summed E-state index contributed by atoms with van der Waals surface area (Å²) in [5.74, 6) is 0.702. The normalized spacial score (nSPS) is 22.4. The predicted molar refractivity (Wildman–Crippen MR) is 98.9 cm³/mol. The quantitative estimate of drug-likeness (QED) is 0.761. The summed E-state index contributed by atoms with van der Waals surface area (Å²) >= 11 is 6.09. The van der Waals surface area contributed by atoms with Gasteiger partial charge in [-0.15, -0.1) is 0 Å². The van der Waals surface area contributed by atoms with Gasteiger partial charge in [-0.25, -0.2) is 4.79 Å². The van der Waals surface area contributed by atoms with Gasteiger partial charge in [0, 0.05) is 6.04 Å². The summed E-state index contributed by atoms with van der Waals surface area (Å²) in [5, 5.41) is 3.20. The zero-order valence-electron chi connectivity index (χ0n) is 15.6. The number of hydrogen-bond acceptors (Lipinski definition) is 5. The van der Waals surface area contributed by atoms with Gasteiger partial charge < -0.3 is 19.5 Å². The summed E-state index contributed by atoms with van der Waals surface area (Å²) in [6, 6.07) is 3.02. The molecule has 0 unspecified atom stereocenters. The molecule has 2 rings (SSSR count). The third kappa shape index (κ3) is 4.81. The van der Waals surface area contributed by atoms with Gasteiger partial charge in [0.1, 0.15) is 0 Å². The molecule has 0 heterocycles. The highest BCUT2D eigenvalue weighted by molar-refractivity contribution is 6.32. The summed E-state index contributed by atoms with van der Waals surface area (Å²) < 4.78 is 15.4. The zero-order chi connectivity index (χ0) is 19.3. The molecule has 1 aromatic rings. The molecule has 7 heteroatoms. The Hall–Kier alpha value is -1.95. The Kier molecular flexibility index (Phi) is 7.14. The van der Waals surface area contributed by atoms with Crippen LogP contribution in [0.15, 0.2) is 12.1 Å². The Morgan fingerprint density at radius 3 is 2.58 bits per heavy atom. The molecule has 144 valence electrons. The third-order valence-electron chi connectivity index (χ3n) is 5.06. The standard InChI is InChI=1S/C19H26ClNO5/c1-11-6-5-7-15(12(11)2)21-17(22)10-26-19(23)13-8-14(20)18(25-4)16(9-13)24-3/h8-9,11-12,15H,5-7,10H2,1-4H3,(H,21,22)/t11-,12-,15-/m1/s1. The Morgan fingerprint density at radius 2 is 1.92 bits per heavy atom. The molecule has 3 atom stereocenters. The van der Waals surface area contributed by atoms with E-state index in [-0.39, 0.29) is 29.1 Å². The van der Waals surface area contributed by atoms with Gasteiger partial charge in [0.2, 0.25) is 0 Å². The fraction of sp³-hybridized carbons (Fsp3) is 0.579. The first kappa shape index (κ1) is 20.4. The van der Waals surface area contributed by atoms with Crippen LogP contribution in [0, 0.1) is 11.8 Å². The molecule has 1 aliphatic carbocycles. The first-order valence-corrected chi connectivity index (χ1v) is 9.13. The van der Waals surface area contributed by atoms with Crippen LogP contribution in [0.5, 0.6) is 11.5 Å². The van der Waals surface area contributed by atoms with Crippen LogP contribution in [0.3, 0.4) is 0 Å². The molecule has 1 saturated carbocycles. The van der Waals surface area contributed by atoms with Crippen LogP contribution >= 0.6 is 11.6 Å². The Bertz CT molecular complexity index is 664. The van der Waals surface area contributed by atoms with Crippen molar-refractivity contribution in [3.8, 4) is 11.5 Å². The van der Waals surface area contributed by atoms with E-state index in [0.29, 0.717) is 23.3 Å². The fourth-order valence-electron chi connectivity index (χ4n) is 3.28. The highest BCUT2D eigenvalue weighted by Gasteiger charge is 2.28. The van der Waals surface area contributed by atoms with Gasteiger partial charge in [0.05, 0.1) is 24.8 Å². The second-order valence-electron chi connectivity index (χ2n) is 6.71. The number of esters is 1. The average Bonchev–Trinajstić information content (AvgIpc) is 2.62. The van der Waals surface area contributed by atoms with E-state index in [2.05, 4.69) is 19.2 Å². The van der Waals surface area contributed by atoms with Gasteiger partial charge >= 0.3 is 5.97 Å². The number of rotatable bonds is 6. The van der Waals surface area contributed by atoms with E-state index in [9.17, 15) is 9.59 Å². The maximum atomic E-state index is 12.2. The van der Waals surface area contributed by atoms with Crippen LogP contribution in [0.4, 0.5) is 0 Å². The molecule has 0 bridgehead atoms. The predicted octanol–water partition coefficient (Wildman–Crippen LogP) is 3.45. The van der Waals surface area contributed by atoms with Crippen LogP contribution in [0.1, 0.15) is 43.5 Å². The summed E-state index contributed by atoms with van der Waals surface area (Å²) in [6.07, 6.45) is 3.24. The summed E-state index contributed by atoms with van der Waals surface area (Å²) in [6.45, 7) is 4.01. The molecule has 26 heavy (non-hydrogen) atoms. The first-order chi connectivity index (χ1) is 12.4. The molecular formula is C19H26ClNO5. The van der Waals surface area contributed by atoms with Gasteiger partial charge in [-0.2, -0.15) is 0 Å². The SMILES string of the molecule is COc1cc(C(=O)OCC(=O)N[C@@H]2CCC[C@@H](C)[C@H]2C)cc(Cl)c1OC. The van der Waals surface area contributed by atoms with Crippen LogP contribution in [0.25, 0.3) is 0 Å². The van der Waals surface area contributed by atoms with Crippen molar-refractivity contribution in [2.45, 2.75) is 39.2 Å². The number of benzene rings is 1. The lowest BCUT2D eigenvalue weighted by molar-refractivity contribution is -0.125. The van der Waals surface area contributed by atoms with Gasteiger partial charge in [-0.3, -0.25) is 4.79 Å². The molecule has 0 saturated heterocycles. The van der Waals surface area contributed by atoms with Crippen LogP contribution in [-0.2, 0) is 9.53 Å². The lowest BCUT2D eigenvalue weighted by atomic mass is 9.78. The van der Waals surface area contributed by atoms with Crippen molar-refractivity contribution in [3.63, 3.8) is 0 Å². The smallest absolute Gasteiger partial charge is 0.338 e. The minimum atomic E-state index is -0.645. The Labute approximate surface area is 159 Å². The minimum absolute atomic E-state index is 0.125. The van der Waals surface area contributed by atoms with E-state index in [1.54, 1.807) is 0 Å². The van der Waals surface area contributed by atoms with E-state index in [1.165, 1.54) is 32.8 Å². The van der Waals surface area contributed by atoms with Crippen LogP contribution < -0.4 is 14.8 Å². The number of amides is 1. The average molecular weight is 384 g/mol. The molecule has 1 amide bonds. The summed E-state index contributed by atoms with van der Waals surface area (Å²) in [7, 11) is 2.91. The van der Waals surface area contributed by atoms with Crippen molar-refractivity contribution in [1.82, 2.24) is 5.32 Å². The number of ether oxygens (including phenoxy) is 3. The van der Waals surface area contributed by atoms with E-state index in [4.69, 9.17) is 25.8 Å². The second-order valence-corrected chi connectivity index (χ2v) is 7.12. The highest BCUT2D eigenvalue weighted by atomic mass is 35.5. The maximum absolute atomic E-state index is 12.2. The number of carbonyl (C=O) groups excluding carboxylic acids is 2. The zero-order valence-corrected chi connectivity index (χ0v) is 16.4. The van der Waals surface area contributed by atoms with E-state index in [0.717, 1.165) is 12.8 Å². The minimum Gasteiger partial charge on any atom is -0.493 e. The van der Waals surface area contributed by atoms with Gasteiger partial charge in [0.15, 0.2) is 18.1 Å². The summed E-state index contributed by atoms with van der Waals surface area (Å²) in [5.41, 5.74) is 0.195. The fourth-order valence-corrected chi connectivity index (χ4v) is 3.57. The van der Waals surface area contributed by atoms with Crippen molar-refractivity contribution < 1.29 is 23.8 Å². The van der Waals surface area contributed by atoms with Crippen molar-refractivity contribution in [2.75, 3.05) is 20.8 Å². The number of nitrogens with one attached hydrogen (secondary N) is 1. The molecule has 0 aliphatic heterocycles. The molecule has 0 radical (unpaired) electrons. The molecular weight excluding hydrogens is 358 g/mol. The lowest BCUT2D eigenvalue weighted by Crippen LogP contribution is -2.45. The lowest BCUT2D eigenvalue weighted by Gasteiger charge is -2.34. The number of halogens is 1. The Morgan fingerprint density at radius 1 is 1.19 bits per heavy atom. The van der Waals surface area contributed by atoms with E-state index >= 15 is 0 Å². The van der Waals surface area contributed by atoms with E-state index in [1.807, 2.05) is 0 Å². The van der Waals surface area contributed by atoms with Crippen molar-refractivity contribution >= 4 is 23.5 Å². The van der Waals surface area contributed by atoms with Crippen LogP contribution in [-0.4, -0.2) is 38.7 Å². The molecule has 1 aliphatic rings. The molecule has 6 nitrogen and oxygen atoms in total. The first-order valence-electron chi connectivity index (χ1n) is 8.75. The van der Waals surface area contributed by atoms with Crippen molar-refractivity contribution in [1.29, 1.82) is 0 Å². The summed E-state index contributed by atoms with van der Waals surface area (Å²) in [4.78, 5) is 24.4. The molecule has 0 aromatic heterocycles. The van der Waals surface area contributed by atoms with Crippen molar-refractivity contribution in [3.05, 3.63) is 22.7 Å². The van der Waals surface area contributed by atoms with Crippen LogP contribution in [0.2, 0.25) is 5.02 Å². The Balaban J connectivity index is 1.94. The van der Waals surface area contributed by atoms with Gasteiger partial charge in [-0.05, 0) is 30.4 Å². The molecule has 1 N–H and O–H groups in total. The maximum Gasteiger partial charge on any atom is 0.338 e. The number of hydrogen-bond donors (Lipinski definition) is 1. The highest BCUT2D eigenvalue weighted by Crippen LogP contribution is 2.36. The van der Waals surface area contributed by atoms with E-state index < -0.39 is 5.97 Å². The van der Waals surface area contributed by atoms with Crippen molar-refractivity contribution in [2.24, 2.45) is 11.8 Å². The molecule has 0 spiro atoms. The number of carbonyl (C=O) groups is 2. The second kappa shape index (κ2) is 9.12. The number of methoxy groups -OCH3 is 2. The van der Waals surface area contributed by atoms with Gasteiger partial charge in [0.25, 0.3) is 5.91 Å². The monoisotopic (exact) mass is 383 g/mol. The largest absolute Gasteiger partial charge is 0.493 e. The van der Waals surface area contributed by atoms with Gasteiger partial charge in [-0.1, -0.05) is 38.3 Å². The topological polar surface area (TPSA) is 73.9 Å². The third-order valence-corrected chi connectivity index (χ3v) is 5.34.